The molecule has 0 aromatic heterocycles. The molecule has 0 saturated carbocycles. The first-order valence-electron chi connectivity index (χ1n) is 9.42. The van der Waals surface area contributed by atoms with Crippen molar-refractivity contribution in [1.82, 2.24) is 5.32 Å². The van der Waals surface area contributed by atoms with Gasteiger partial charge in [-0.2, -0.15) is 0 Å². The Balaban J connectivity index is 1.89. The van der Waals surface area contributed by atoms with Gasteiger partial charge in [0.1, 0.15) is 12.4 Å². The van der Waals surface area contributed by atoms with Crippen molar-refractivity contribution in [2.24, 2.45) is 0 Å². The maximum Gasteiger partial charge on any atom is 0.124 e. The molecule has 0 aliphatic heterocycles. The van der Waals surface area contributed by atoms with Gasteiger partial charge in [0, 0.05) is 17.6 Å². The van der Waals surface area contributed by atoms with E-state index >= 15 is 0 Å². The first-order valence-corrected chi connectivity index (χ1v) is 9.42. The van der Waals surface area contributed by atoms with Crippen molar-refractivity contribution in [3.63, 3.8) is 0 Å². The van der Waals surface area contributed by atoms with E-state index in [1.165, 1.54) is 27.5 Å². The molecule has 3 rings (SSSR count). The minimum atomic E-state index is 0.102. The minimum Gasteiger partial charge on any atom is -0.489 e. The van der Waals surface area contributed by atoms with E-state index in [2.05, 4.69) is 93.7 Å². The smallest absolute Gasteiger partial charge is 0.124 e. The van der Waals surface area contributed by atoms with Crippen LogP contribution < -0.4 is 10.1 Å². The van der Waals surface area contributed by atoms with Crippen LogP contribution in [-0.4, -0.2) is 5.54 Å². The van der Waals surface area contributed by atoms with Crippen LogP contribution in [0, 0.1) is 6.92 Å². The van der Waals surface area contributed by atoms with Gasteiger partial charge in [-0.05, 0) is 49.6 Å². The van der Waals surface area contributed by atoms with Gasteiger partial charge in [-0.25, -0.2) is 0 Å². The molecule has 0 unspecified atom stereocenters. The fourth-order valence-electron chi connectivity index (χ4n) is 3.05. The molecule has 0 atom stereocenters. The molecule has 0 heterocycles. The van der Waals surface area contributed by atoms with Gasteiger partial charge < -0.3 is 10.1 Å². The standard InChI is InChI=1S/C24H29NO/c1-5-24(3,4)25-16-22-21-12-7-6-11-20(21)13-14-23(22)26-17-19-10-8-9-18(2)15-19/h6-15,25H,5,16-17H2,1-4H3. The molecular weight excluding hydrogens is 318 g/mol. The maximum absolute atomic E-state index is 6.25. The molecule has 0 aliphatic rings. The van der Waals surface area contributed by atoms with Crippen LogP contribution in [0.15, 0.2) is 60.7 Å². The van der Waals surface area contributed by atoms with Gasteiger partial charge in [0.25, 0.3) is 0 Å². The van der Waals surface area contributed by atoms with E-state index in [-0.39, 0.29) is 5.54 Å². The normalized spacial score (nSPS) is 11.7. The van der Waals surface area contributed by atoms with E-state index in [0.29, 0.717) is 6.61 Å². The fourth-order valence-corrected chi connectivity index (χ4v) is 3.05. The van der Waals surface area contributed by atoms with Crippen LogP contribution in [0.4, 0.5) is 0 Å². The fraction of sp³-hybridized carbons (Fsp3) is 0.333. The lowest BCUT2D eigenvalue weighted by molar-refractivity contribution is 0.299. The number of rotatable bonds is 7. The van der Waals surface area contributed by atoms with Crippen LogP contribution in [0.5, 0.6) is 5.75 Å². The summed E-state index contributed by atoms with van der Waals surface area (Å²) in [6.45, 7) is 10.2. The Morgan fingerprint density at radius 1 is 0.962 bits per heavy atom. The predicted octanol–water partition coefficient (Wildman–Crippen LogP) is 6.01. The topological polar surface area (TPSA) is 21.3 Å². The molecule has 0 saturated heterocycles. The van der Waals surface area contributed by atoms with Crippen molar-refractivity contribution in [3.8, 4) is 5.75 Å². The average Bonchev–Trinajstić information content (AvgIpc) is 2.65. The van der Waals surface area contributed by atoms with Gasteiger partial charge in [0.2, 0.25) is 0 Å². The molecule has 0 aliphatic carbocycles. The van der Waals surface area contributed by atoms with Crippen molar-refractivity contribution in [3.05, 3.63) is 77.4 Å². The van der Waals surface area contributed by atoms with Crippen molar-refractivity contribution in [2.45, 2.75) is 52.8 Å². The Hall–Kier alpha value is -2.32. The van der Waals surface area contributed by atoms with Gasteiger partial charge in [-0.3, -0.25) is 0 Å². The monoisotopic (exact) mass is 347 g/mol. The molecule has 0 spiro atoms. The Kier molecular flexibility index (Phi) is 5.63. The van der Waals surface area contributed by atoms with Crippen LogP contribution in [0.2, 0.25) is 0 Å². The summed E-state index contributed by atoms with van der Waals surface area (Å²) >= 11 is 0. The van der Waals surface area contributed by atoms with Crippen LogP contribution >= 0.6 is 0 Å². The molecule has 136 valence electrons. The summed E-state index contributed by atoms with van der Waals surface area (Å²) in [6, 6.07) is 21.3. The summed E-state index contributed by atoms with van der Waals surface area (Å²) in [5.74, 6) is 0.963. The highest BCUT2D eigenvalue weighted by atomic mass is 16.5. The maximum atomic E-state index is 6.25. The predicted molar refractivity (Wildman–Crippen MR) is 111 cm³/mol. The second-order valence-corrected chi connectivity index (χ2v) is 7.63. The highest BCUT2D eigenvalue weighted by molar-refractivity contribution is 5.87. The zero-order valence-corrected chi connectivity index (χ0v) is 16.3. The molecule has 0 amide bonds. The first-order chi connectivity index (χ1) is 12.5. The lowest BCUT2D eigenvalue weighted by Gasteiger charge is -2.26. The Morgan fingerprint density at radius 2 is 1.77 bits per heavy atom. The Bertz CT molecular complexity index is 882. The van der Waals surface area contributed by atoms with Gasteiger partial charge in [-0.1, -0.05) is 67.1 Å². The van der Waals surface area contributed by atoms with E-state index in [4.69, 9.17) is 4.74 Å². The third-order valence-electron chi connectivity index (χ3n) is 5.10. The number of nitrogens with one attached hydrogen (secondary N) is 1. The highest BCUT2D eigenvalue weighted by Crippen LogP contribution is 2.29. The second kappa shape index (κ2) is 7.92. The highest BCUT2D eigenvalue weighted by Gasteiger charge is 2.16. The molecule has 0 bridgehead atoms. The first kappa shape index (κ1) is 18.5. The summed E-state index contributed by atoms with van der Waals surface area (Å²) < 4.78 is 6.25. The van der Waals surface area contributed by atoms with Crippen molar-refractivity contribution >= 4 is 10.8 Å². The third-order valence-corrected chi connectivity index (χ3v) is 5.10. The average molecular weight is 348 g/mol. The van der Waals surface area contributed by atoms with Crippen LogP contribution in [0.25, 0.3) is 10.8 Å². The van der Waals surface area contributed by atoms with Crippen molar-refractivity contribution < 1.29 is 4.74 Å². The molecule has 3 aromatic carbocycles. The van der Waals surface area contributed by atoms with E-state index in [1.807, 2.05) is 0 Å². The molecule has 1 N–H and O–H groups in total. The Morgan fingerprint density at radius 3 is 2.54 bits per heavy atom. The lowest BCUT2D eigenvalue weighted by atomic mass is 9.99. The van der Waals surface area contributed by atoms with Crippen molar-refractivity contribution in [1.29, 1.82) is 0 Å². The third kappa shape index (κ3) is 4.44. The largest absolute Gasteiger partial charge is 0.489 e. The molecular formula is C24H29NO. The molecule has 3 aromatic rings. The van der Waals surface area contributed by atoms with Crippen LogP contribution in [0.3, 0.4) is 0 Å². The number of hydrogen-bond acceptors (Lipinski definition) is 2. The SMILES string of the molecule is CCC(C)(C)NCc1c(OCc2cccc(C)c2)ccc2ccccc12. The van der Waals surface area contributed by atoms with Gasteiger partial charge in [-0.15, -0.1) is 0 Å². The summed E-state index contributed by atoms with van der Waals surface area (Å²) in [5, 5.41) is 6.19. The number of ether oxygens (including phenoxy) is 1. The number of aryl methyl sites for hydroxylation is 1. The lowest BCUT2D eigenvalue weighted by Crippen LogP contribution is -2.37. The molecule has 0 radical (unpaired) electrons. The van der Waals surface area contributed by atoms with E-state index < -0.39 is 0 Å². The second-order valence-electron chi connectivity index (χ2n) is 7.63. The van der Waals surface area contributed by atoms with Crippen LogP contribution in [-0.2, 0) is 13.2 Å². The summed E-state index contributed by atoms with van der Waals surface area (Å²) in [4.78, 5) is 0. The zero-order valence-electron chi connectivity index (χ0n) is 16.3. The summed E-state index contributed by atoms with van der Waals surface area (Å²) in [6.07, 6.45) is 1.08. The quantitative estimate of drug-likeness (QED) is 0.565. The molecule has 0 fully saturated rings. The summed E-state index contributed by atoms with van der Waals surface area (Å²) in [7, 11) is 0. The van der Waals surface area contributed by atoms with Gasteiger partial charge >= 0.3 is 0 Å². The van der Waals surface area contributed by atoms with E-state index in [1.54, 1.807) is 0 Å². The van der Waals surface area contributed by atoms with Crippen LogP contribution in [0.1, 0.15) is 43.9 Å². The molecule has 26 heavy (non-hydrogen) atoms. The van der Waals surface area contributed by atoms with Gasteiger partial charge in [0.15, 0.2) is 0 Å². The minimum absolute atomic E-state index is 0.102. The molecule has 2 heteroatoms. The van der Waals surface area contributed by atoms with Gasteiger partial charge in [0.05, 0.1) is 0 Å². The number of fused-ring (bicyclic) bond motifs is 1. The van der Waals surface area contributed by atoms with E-state index in [0.717, 1.165) is 18.7 Å². The van der Waals surface area contributed by atoms with E-state index in [9.17, 15) is 0 Å². The molecule has 2 nitrogen and oxygen atoms in total. The Labute approximate surface area is 157 Å². The zero-order chi connectivity index (χ0) is 18.6. The summed E-state index contributed by atoms with van der Waals surface area (Å²) in [5.41, 5.74) is 3.80. The van der Waals surface area contributed by atoms with Crippen molar-refractivity contribution in [2.75, 3.05) is 0 Å². The number of hydrogen-bond donors (Lipinski definition) is 1. The number of benzene rings is 3.